The highest BCUT2D eigenvalue weighted by molar-refractivity contribution is 5.13. The lowest BCUT2D eigenvalue weighted by Crippen LogP contribution is -2.32. The Morgan fingerprint density at radius 2 is 2.23 bits per heavy atom. The third-order valence-corrected chi connectivity index (χ3v) is 1.95. The zero-order valence-electron chi connectivity index (χ0n) is 6.93. The largest absolute Gasteiger partial charge is 0.412 e. The molecule has 72 valence electrons. The summed E-state index contributed by atoms with van der Waals surface area (Å²) in [5, 5.41) is 8.31. The fourth-order valence-corrected chi connectivity index (χ4v) is 1.21. The van der Waals surface area contributed by atoms with Crippen molar-refractivity contribution in [3.05, 3.63) is 11.6 Å². The fraction of sp³-hybridized carbons (Fsp3) is 0.625. The van der Waals surface area contributed by atoms with E-state index < -0.39 is 11.7 Å². The molecule has 5 heteroatoms. The Labute approximate surface area is 74.2 Å². The van der Waals surface area contributed by atoms with Gasteiger partial charge in [0, 0.05) is 18.7 Å². The highest BCUT2D eigenvalue weighted by Crippen LogP contribution is 2.29. The summed E-state index contributed by atoms with van der Waals surface area (Å²) in [6.45, 7) is 0.739. The first kappa shape index (κ1) is 10.1. The van der Waals surface area contributed by atoms with Crippen LogP contribution in [0.25, 0.3) is 0 Å². The van der Waals surface area contributed by atoms with Gasteiger partial charge < -0.3 is 0 Å². The van der Waals surface area contributed by atoms with Crippen LogP contribution in [0.4, 0.5) is 13.2 Å². The van der Waals surface area contributed by atoms with Gasteiger partial charge in [-0.1, -0.05) is 6.08 Å². The molecule has 0 saturated carbocycles. The van der Waals surface area contributed by atoms with E-state index in [9.17, 15) is 13.2 Å². The van der Waals surface area contributed by atoms with Crippen molar-refractivity contribution in [3.8, 4) is 6.07 Å². The third kappa shape index (κ3) is 2.74. The third-order valence-electron chi connectivity index (χ3n) is 1.95. The Morgan fingerprint density at radius 3 is 2.62 bits per heavy atom. The van der Waals surface area contributed by atoms with Crippen molar-refractivity contribution in [3.63, 3.8) is 0 Å². The molecule has 1 rings (SSSR count). The Kier molecular flexibility index (Phi) is 2.94. The van der Waals surface area contributed by atoms with E-state index in [1.807, 2.05) is 6.07 Å². The van der Waals surface area contributed by atoms with Crippen molar-refractivity contribution in [2.75, 3.05) is 19.6 Å². The molecule has 1 heterocycles. The summed E-state index contributed by atoms with van der Waals surface area (Å²) in [4.78, 5) is 1.68. The summed E-state index contributed by atoms with van der Waals surface area (Å²) in [6, 6.07) is 1.91. The number of alkyl halides is 3. The molecule has 0 spiro atoms. The topological polar surface area (TPSA) is 27.0 Å². The van der Waals surface area contributed by atoms with Gasteiger partial charge in [0.25, 0.3) is 0 Å². The summed E-state index contributed by atoms with van der Waals surface area (Å²) in [5.74, 6) is 0. The first-order valence-corrected chi connectivity index (χ1v) is 3.89. The molecule has 1 aliphatic heterocycles. The maximum Gasteiger partial charge on any atom is 0.412 e. The van der Waals surface area contributed by atoms with Gasteiger partial charge in [-0.25, -0.2) is 0 Å². The number of nitriles is 1. The normalized spacial score (nSPS) is 19.4. The maximum atomic E-state index is 12.1. The molecular formula is C8H9F3N2. The molecule has 0 N–H and O–H groups in total. The Hall–Kier alpha value is -1.02. The molecule has 0 aliphatic carbocycles. The highest BCUT2D eigenvalue weighted by Gasteiger charge is 2.34. The molecule has 0 aromatic carbocycles. The smallest absolute Gasteiger partial charge is 0.287 e. The number of hydrogen-bond donors (Lipinski definition) is 0. The van der Waals surface area contributed by atoms with Gasteiger partial charge in [-0.2, -0.15) is 18.4 Å². The second kappa shape index (κ2) is 3.79. The van der Waals surface area contributed by atoms with Crippen LogP contribution < -0.4 is 0 Å². The molecule has 0 aromatic rings. The van der Waals surface area contributed by atoms with E-state index in [2.05, 4.69) is 0 Å². The Morgan fingerprint density at radius 1 is 1.54 bits per heavy atom. The van der Waals surface area contributed by atoms with Gasteiger partial charge in [0.15, 0.2) is 0 Å². The lowest BCUT2D eigenvalue weighted by atomic mass is 10.1. The molecule has 0 fully saturated rings. The highest BCUT2D eigenvalue weighted by atomic mass is 19.4. The van der Waals surface area contributed by atoms with Crippen LogP contribution >= 0.6 is 0 Å². The van der Waals surface area contributed by atoms with E-state index in [4.69, 9.17) is 5.26 Å². The summed E-state index contributed by atoms with van der Waals surface area (Å²) in [7, 11) is 0. The van der Waals surface area contributed by atoms with Crippen LogP contribution in [0, 0.1) is 11.3 Å². The average molecular weight is 190 g/mol. The lowest BCUT2D eigenvalue weighted by Gasteiger charge is -2.24. The van der Waals surface area contributed by atoms with E-state index in [0.29, 0.717) is 6.54 Å². The van der Waals surface area contributed by atoms with Crippen LogP contribution in [0.3, 0.4) is 0 Å². The second-order valence-electron chi connectivity index (χ2n) is 2.87. The predicted octanol–water partition coefficient (Wildman–Crippen LogP) is 1.70. The minimum Gasteiger partial charge on any atom is -0.287 e. The van der Waals surface area contributed by atoms with Crippen molar-refractivity contribution < 1.29 is 13.2 Å². The first-order valence-electron chi connectivity index (χ1n) is 3.89. The van der Waals surface area contributed by atoms with Crippen LogP contribution in [-0.4, -0.2) is 30.7 Å². The van der Waals surface area contributed by atoms with Crippen LogP contribution in [0.2, 0.25) is 0 Å². The van der Waals surface area contributed by atoms with Crippen LogP contribution in [0.15, 0.2) is 11.6 Å². The summed E-state index contributed by atoms with van der Waals surface area (Å²) < 4.78 is 36.3. The molecule has 0 saturated heterocycles. The van der Waals surface area contributed by atoms with Gasteiger partial charge in [0.2, 0.25) is 0 Å². The first-order chi connectivity index (χ1) is 6.04. The van der Waals surface area contributed by atoms with Crippen molar-refractivity contribution in [2.45, 2.75) is 12.6 Å². The van der Waals surface area contributed by atoms with Crippen molar-refractivity contribution in [1.29, 1.82) is 5.26 Å². The van der Waals surface area contributed by atoms with Crippen molar-refractivity contribution in [1.82, 2.24) is 4.90 Å². The average Bonchev–Trinajstić information content (AvgIpc) is 2.04. The van der Waals surface area contributed by atoms with Crippen LogP contribution in [-0.2, 0) is 0 Å². The summed E-state index contributed by atoms with van der Waals surface area (Å²) >= 11 is 0. The zero-order chi connectivity index (χ0) is 9.90. The number of hydrogen-bond acceptors (Lipinski definition) is 2. The standard InChI is InChI=1S/C8H9F3N2/c9-8(10,11)7-1-4-13(5-2-7)6-3-12/h1H,2,4-6H2. The fourth-order valence-electron chi connectivity index (χ4n) is 1.21. The molecule has 13 heavy (non-hydrogen) atoms. The number of rotatable bonds is 1. The summed E-state index contributed by atoms with van der Waals surface area (Å²) in [5.41, 5.74) is -0.471. The maximum absolute atomic E-state index is 12.1. The Bertz CT molecular complexity index is 249. The van der Waals surface area contributed by atoms with E-state index in [-0.39, 0.29) is 19.5 Å². The van der Waals surface area contributed by atoms with Crippen molar-refractivity contribution >= 4 is 0 Å². The van der Waals surface area contributed by atoms with Gasteiger partial charge in [-0.15, -0.1) is 0 Å². The summed E-state index contributed by atoms with van der Waals surface area (Å²) in [6.07, 6.45) is -3.05. The van der Waals surface area contributed by atoms with E-state index >= 15 is 0 Å². The van der Waals surface area contributed by atoms with E-state index in [1.165, 1.54) is 0 Å². The SMILES string of the molecule is N#CCN1CC=C(C(F)(F)F)CC1. The predicted molar refractivity (Wildman–Crippen MR) is 40.8 cm³/mol. The minimum atomic E-state index is -4.20. The molecule has 2 nitrogen and oxygen atoms in total. The van der Waals surface area contributed by atoms with Crippen LogP contribution in [0.5, 0.6) is 0 Å². The minimum absolute atomic E-state index is 0.00875. The molecule has 0 aromatic heterocycles. The van der Waals surface area contributed by atoms with Gasteiger partial charge in [-0.3, -0.25) is 4.90 Å². The quantitative estimate of drug-likeness (QED) is 0.465. The molecule has 0 amide bonds. The molecule has 0 radical (unpaired) electrons. The molecule has 0 bridgehead atoms. The molecule has 1 aliphatic rings. The second-order valence-corrected chi connectivity index (χ2v) is 2.87. The van der Waals surface area contributed by atoms with Gasteiger partial charge in [0.1, 0.15) is 0 Å². The lowest BCUT2D eigenvalue weighted by molar-refractivity contribution is -0.0958. The molecule has 0 unspecified atom stereocenters. The van der Waals surface area contributed by atoms with E-state index in [0.717, 1.165) is 6.08 Å². The number of halogens is 3. The van der Waals surface area contributed by atoms with Gasteiger partial charge >= 0.3 is 6.18 Å². The number of nitrogens with zero attached hydrogens (tertiary/aromatic N) is 2. The monoisotopic (exact) mass is 190 g/mol. The molecular weight excluding hydrogens is 181 g/mol. The van der Waals surface area contributed by atoms with Crippen molar-refractivity contribution in [2.24, 2.45) is 0 Å². The van der Waals surface area contributed by atoms with E-state index in [1.54, 1.807) is 4.90 Å². The molecule has 0 atom stereocenters. The Balaban J connectivity index is 2.54. The zero-order valence-corrected chi connectivity index (χ0v) is 6.93. The van der Waals surface area contributed by atoms with Gasteiger partial charge in [0.05, 0.1) is 12.6 Å². The van der Waals surface area contributed by atoms with Gasteiger partial charge in [-0.05, 0) is 6.42 Å². The van der Waals surface area contributed by atoms with Crippen LogP contribution in [0.1, 0.15) is 6.42 Å².